The fourth-order valence-electron chi connectivity index (χ4n) is 4.15. The fraction of sp³-hybridized carbons (Fsp3) is 0.560. The molecule has 0 bridgehead atoms. The van der Waals surface area contributed by atoms with Gasteiger partial charge in [-0.05, 0) is 30.7 Å². The molecule has 0 radical (unpaired) electrons. The van der Waals surface area contributed by atoms with E-state index in [0.717, 1.165) is 5.56 Å². The molecule has 0 aromatic heterocycles. The molecule has 1 aromatic rings. The fourth-order valence-corrected chi connectivity index (χ4v) is 4.15. The average Bonchev–Trinajstić information content (AvgIpc) is 3.35. The highest BCUT2D eigenvalue weighted by Gasteiger charge is 2.38. The van der Waals surface area contributed by atoms with Gasteiger partial charge in [0.05, 0.1) is 6.04 Å². The lowest BCUT2D eigenvalue weighted by Crippen LogP contribution is -2.58. The Morgan fingerprint density at radius 3 is 2.31 bits per heavy atom. The van der Waals surface area contributed by atoms with Crippen molar-refractivity contribution in [3.63, 3.8) is 0 Å². The summed E-state index contributed by atoms with van der Waals surface area (Å²) in [5.74, 6) is -3.64. The molecule has 0 saturated carbocycles. The number of carboxylic acids is 1. The molecule has 1 heterocycles. The number of carbonyl (C=O) groups is 5. The molecular formula is C25H37N5O6. The summed E-state index contributed by atoms with van der Waals surface area (Å²) in [5.41, 5.74) is 12.0. The molecule has 1 aliphatic heterocycles. The lowest BCUT2D eigenvalue weighted by Gasteiger charge is -2.29. The minimum Gasteiger partial charge on any atom is -0.480 e. The monoisotopic (exact) mass is 503 g/mol. The zero-order chi connectivity index (χ0) is 26.8. The number of carbonyl (C=O) groups excluding carboxylic acids is 4. The average molecular weight is 504 g/mol. The number of benzene rings is 1. The van der Waals surface area contributed by atoms with Crippen molar-refractivity contribution in [2.45, 2.75) is 76.5 Å². The van der Waals surface area contributed by atoms with Crippen molar-refractivity contribution >= 4 is 29.6 Å². The molecule has 4 amide bonds. The van der Waals surface area contributed by atoms with Crippen molar-refractivity contribution in [2.75, 3.05) is 6.54 Å². The Morgan fingerprint density at radius 1 is 1.08 bits per heavy atom. The SMILES string of the molecule is CCC(C)C(N)C(=O)NC(CCC(N)=O)C(=O)NC(Cc1ccccc1)C(=O)N1CCCC1C(=O)O. The van der Waals surface area contributed by atoms with Crippen LogP contribution in [-0.2, 0) is 30.4 Å². The highest BCUT2D eigenvalue weighted by Crippen LogP contribution is 2.20. The van der Waals surface area contributed by atoms with Crippen LogP contribution in [0.15, 0.2) is 30.3 Å². The zero-order valence-corrected chi connectivity index (χ0v) is 20.8. The molecule has 0 spiro atoms. The van der Waals surface area contributed by atoms with Gasteiger partial charge < -0.3 is 32.1 Å². The minimum atomic E-state index is -1.15. The van der Waals surface area contributed by atoms with E-state index in [1.807, 2.05) is 19.9 Å². The number of hydrogen-bond acceptors (Lipinski definition) is 6. The number of carboxylic acid groups (broad SMARTS) is 1. The third-order valence-electron chi connectivity index (χ3n) is 6.59. The summed E-state index contributed by atoms with van der Waals surface area (Å²) >= 11 is 0. The Kier molecular flexibility index (Phi) is 10.8. The third-order valence-corrected chi connectivity index (χ3v) is 6.59. The van der Waals surface area contributed by atoms with E-state index in [4.69, 9.17) is 11.5 Å². The largest absolute Gasteiger partial charge is 0.480 e. The first kappa shape index (κ1) is 28.8. The van der Waals surface area contributed by atoms with Gasteiger partial charge in [0.15, 0.2) is 0 Å². The Labute approximate surface area is 211 Å². The number of nitrogens with two attached hydrogens (primary N) is 2. The van der Waals surface area contributed by atoms with Crippen LogP contribution in [0.1, 0.15) is 51.5 Å². The quantitative estimate of drug-likeness (QED) is 0.249. The number of amides is 4. The maximum absolute atomic E-state index is 13.4. The van der Waals surface area contributed by atoms with Crippen molar-refractivity contribution in [2.24, 2.45) is 17.4 Å². The Balaban J connectivity index is 2.26. The van der Waals surface area contributed by atoms with E-state index in [9.17, 15) is 29.1 Å². The number of hydrogen-bond donors (Lipinski definition) is 5. The molecule has 1 aliphatic rings. The predicted molar refractivity (Wildman–Crippen MR) is 132 cm³/mol. The van der Waals surface area contributed by atoms with Crippen LogP contribution >= 0.6 is 0 Å². The maximum Gasteiger partial charge on any atom is 0.326 e. The first-order valence-electron chi connectivity index (χ1n) is 12.3. The summed E-state index contributed by atoms with van der Waals surface area (Å²) in [6, 6.07) is 4.94. The van der Waals surface area contributed by atoms with Crippen molar-refractivity contribution in [3.05, 3.63) is 35.9 Å². The molecule has 198 valence electrons. The molecule has 1 aromatic carbocycles. The summed E-state index contributed by atoms with van der Waals surface area (Å²) in [7, 11) is 0. The standard InChI is InChI=1S/C25H37N5O6/c1-3-15(2)21(27)23(33)28-17(11-12-20(26)31)22(32)29-18(14-16-8-5-4-6-9-16)24(34)30-13-7-10-19(30)25(35)36/h4-6,8-9,15,17-19,21H,3,7,10-14,27H2,1-2H3,(H2,26,31)(H,28,33)(H,29,32)(H,35,36). The van der Waals surface area contributed by atoms with Crippen LogP contribution in [0, 0.1) is 5.92 Å². The second kappa shape index (κ2) is 13.6. The maximum atomic E-state index is 13.4. The first-order valence-corrected chi connectivity index (χ1v) is 12.3. The second-order valence-electron chi connectivity index (χ2n) is 9.26. The second-order valence-corrected chi connectivity index (χ2v) is 9.26. The van der Waals surface area contributed by atoms with Crippen LogP contribution < -0.4 is 22.1 Å². The summed E-state index contributed by atoms with van der Waals surface area (Å²) in [5, 5.41) is 14.8. The van der Waals surface area contributed by atoms with Gasteiger partial charge in [0.25, 0.3) is 0 Å². The molecule has 7 N–H and O–H groups in total. The van der Waals surface area contributed by atoms with Crippen LogP contribution in [-0.4, -0.2) is 70.3 Å². The van der Waals surface area contributed by atoms with Gasteiger partial charge in [0, 0.05) is 19.4 Å². The van der Waals surface area contributed by atoms with Crippen LogP contribution in [0.4, 0.5) is 0 Å². The number of nitrogens with zero attached hydrogens (tertiary/aromatic N) is 1. The Hall–Kier alpha value is -3.47. The topological polar surface area (TPSA) is 185 Å². The van der Waals surface area contributed by atoms with E-state index >= 15 is 0 Å². The van der Waals surface area contributed by atoms with E-state index in [1.165, 1.54) is 4.90 Å². The third kappa shape index (κ3) is 8.04. The van der Waals surface area contributed by atoms with Gasteiger partial charge in [0.2, 0.25) is 23.6 Å². The normalized spacial score (nSPS) is 18.5. The van der Waals surface area contributed by atoms with E-state index in [-0.39, 0.29) is 31.7 Å². The molecule has 11 nitrogen and oxygen atoms in total. The van der Waals surface area contributed by atoms with Crippen LogP contribution in [0.2, 0.25) is 0 Å². The summed E-state index contributed by atoms with van der Waals surface area (Å²) in [6.45, 7) is 3.96. The lowest BCUT2D eigenvalue weighted by molar-refractivity contribution is -0.149. The highest BCUT2D eigenvalue weighted by molar-refractivity contribution is 5.94. The summed E-state index contributed by atoms with van der Waals surface area (Å²) in [4.78, 5) is 63.7. The molecular weight excluding hydrogens is 466 g/mol. The van der Waals surface area contributed by atoms with Gasteiger partial charge in [-0.15, -0.1) is 0 Å². The highest BCUT2D eigenvalue weighted by atomic mass is 16.4. The molecule has 5 unspecified atom stereocenters. The number of aliphatic carboxylic acids is 1. The number of primary amides is 1. The van der Waals surface area contributed by atoms with Gasteiger partial charge >= 0.3 is 5.97 Å². The van der Waals surface area contributed by atoms with Crippen LogP contribution in [0.3, 0.4) is 0 Å². The van der Waals surface area contributed by atoms with Gasteiger partial charge in [-0.3, -0.25) is 19.2 Å². The van der Waals surface area contributed by atoms with Gasteiger partial charge in [0.1, 0.15) is 18.1 Å². The summed E-state index contributed by atoms with van der Waals surface area (Å²) in [6.07, 6.45) is 1.41. The van der Waals surface area contributed by atoms with Crippen molar-refractivity contribution in [1.82, 2.24) is 15.5 Å². The van der Waals surface area contributed by atoms with Crippen molar-refractivity contribution < 1.29 is 29.1 Å². The minimum absolute atomic E-state index is 0.0756. The van der Waals surface area contributed by atoms with E-state index in [2.05, 4.69) is 10.6 Å². The lowest BCUT2D eigenvalue weighted by atomic mass is 9.98. The Bertz CT molecular complexity index is 940. The zero-order valence-electron chi connectivity index (χ0n) is 20.8. The van der Waals surface area contributed by atoms with Gasteiger partial charge in [-0.2, -0.15) is 0 Å². The van der Waals surface area contributed by atoms with Gasteiger partial charge in [-0.1, -0.05) is 50.6 Å². The summed E-state index contributed by atoms with van der Waals surface area (Å²) < 4.78 is 0. The van der Waals surface area contributed by atoms with Gasteiger partial charge in [-0.25, -0.2) is 4.79 Å². The Morgan fingerprint density at radius 2 is 1.72 bits per heavy atom. The number of nitrogens with one attached hydrogen (secondary N) is 2. The first-order chi connectivity index (χ1) is 17.0. The van der Waals surface area contributed by atoms with Crippen LogP contribution in [0.25, 0.3) is 0 Å². The smallest absolute Gasteiger partial charge is 0.326 e. The van der Waals surface area contributed by atoms with E-state index in [1.54, 1.807) is 24.3 Å². The molecule has 1 fully saturated rings. The van der Waals surface area contributed by atoms with E-state index < -0.39 is 53.8 Å². The molecule has 2 rings (SSSR count). The number of rotatable bonds is 13. The molecule has 1 saturated heterocycles. The predicted octanol–water partition coefficient (Wildman–Crippen LogP) is -0.0868. The molecule has 36 heavy (non-hydrogen) atoms. The van der Waals surface area contributed by atoms with E-state index in [0.29, 0.717) is 19.3 Å². The molecule has 11 heteroatoms. The van der Waals surface area contributed by atoms with Crippen molar-refractivity contribution in [1.29, 1.82) is 0 Å². The van der Waals surface area contributed by atoms with Crippen molar-refractivity contribution in [3.8, 4) is 0 Å². The number of likely N-dealkylation sites (tertiary alicyclic amines) is 1. The van der Waals surface area contributed by atoms with Crippen LogP contribution in [0.5, 0.6) is 0 Å². The molecule has 5 atom stereocenters. The molecule has 0 aliphatic carbocycles.